The summed E-state index contributed by atoms with van der Waals surface area (Å²) < 4.78 is 16.2. The van der Waals surface area contributed by atoms with Crippen LogP contribution in [0.4, 0.5) is 0 Å². The molecule has 5 nitrogen and oxygen atoms in total. The second kappa shape index (κ2) is 4.25. The third-order valence-corrected chi connectivity index (χ3v) is 2.62. The van der Waals surface area contributed by atoms with E-state index in [1.54, 1.807) is 0 Å². The number of halogens is 1. The van der Waals surface area contributed by atoms with Crippen LogP contribution in [-0.2, 0) is 5.88 Å². The second-order valence-electron chi connectivity index (χ2n) is 3.54. The maximum Gasteiger partial charge on any atom is 0.241 e. The van der Waals surface area contributed by atoms with E-state index in [1.807, 2.05) is 24.3 Å². The van der Waals surface area contributed by atoms with Crippen LogP contribution in [0.25, 0.3) is 0 Å². The Bertz CT molecular complexity index is 529. The molecule has 88 valence electrons. The Morgan fingerprint density at radius 3 is 2.88 bits per heavy atom. The van der Waals surface area contributed by atoms with Gasteiger partial charge in [0, 0.05) is 0 Å². The molecule has 1 atom stereocenters. The lowest BCUT2D eigenvalue weighted by Crippen LogP contribution is -2.22. The summed E-state index contributed by atoms with van der Waals surface area (Å²) in [5.41, 5.74) is 0. The van der Waals surface area contributed by atoms with Gasteiger partial charge >= 0.3 is 0 Å². The molecular weight excluding hydrogens is 244 g/mol. The number of para-hydroxylation sites is 2. The number of rotatable bonds is 2. The molecule has 1 aliphatic heterocycles. The molecule has 0 saturated carbocycles. The number of ether oxygens (including phenoxy) is 2. The Morgan fingerprint density at radius 1 is 1.29 bits per heavy atom. The zero-order chi connectivity index (χ0) is 11.7. The SMILES string of the molecule is ClCc1nc(C2COc3ccccc3O2)no1. The minimum atomic E-state index is -0.356. The summed E-state index contributed by atoms with van der Waals surface area (Å²) in [4.78, 5) is 4.11. The van der Waals surface area contributed by atoms with Gasteiger partial charge in [0.1, 0.15) is 12.5 Å². The molecule has 0 spiro atoms. The Labute approximate surface area is 102 Å². The molecule has 6 heteroatoms. The van der Waals surface area contributed by atoms with Gasteiger partial charge in [-0.15, -0.1) is 11.6 Å². The van der Waals surface area contributed by atoms with Gasteiger partial charge in [-0.25, -0.2) is 0 Å². The maximum atomic E-state index is 5.72. The summed E-state index contributed by atoms with van der Waals surface area (Å²) in [5, 5.41) is 3.81. The summed E-state index contributed by atoms with van der Waals surface area (Å²) in [6, 6.07) is 7.46. The highest BCUT2D eigenvalue weighted by molar-refractivity contribution is 6.16. The molecule has 3 rings (SSSR count). The van der Waals surface area contributed by atoms with E-state index in [2.05, 4.69) is 10.1 Å². The van der Waals surface area contributed by atoms with E-state index in [0.717, 1.165) is 5.75 Å². The van der Waals surface area contributed by atoms with E-state index in [1.165, 1.54) is 0 Å². The lowest BCUT2D eigenvalue weighted by atomic mass is 10.2. The summed E-state index contributed by atoms with van der Waals surface area (Å²) >= 11 is 5.59. The van der Waals surface area contributed by atoms with Crippen LogP contribution in [0.5, 0.6) is 11.5 Å². The fourth-order valence-electron chi connectivity index (χ4n) is 1.60. The van der Waals surface area contributed by atoms with Gasteiger partial charge in [0.25, 0.3) is 0 Å². The number of aromatic nitrogens is 2. The van der Waals surface area contributed by atoms with E-state index in [9.17, 15) is 0 Å². The van der Waals surface area contributed by atoms with Crippen molar-refractivity contribution in [1.29, 1.82) is 0 Å². The van der Waals surface area contributed by atoms with E-state index in [4.69, 9.17) is 25.6 Å². The lowest BCUT2D eigenvalue weighted by Gasteiger charge is -2.24. The molecule has 0 fully saturated rings. The van der Waals surface area contributed by atoms with Crippen molar-refractivity contribution in [3.63, 3.8) is 0 Å². The Morgan fingerprint density at radius 2 is 2.12 bits per heavy atom. The maximum absolute atomic E-state index is 5.72. The van der Waals surface area contributed by atoms with Gasteiger partial charge in [-0.1, -0.05) is 17.3 Å². The molecular formula is C11H9ClN2O3. The van der Waals surface area contributed by atoms with Gasteiger partial charge in [-0.05, 0) is 12.1 Å². The Balaban J connectivity index is 1.84. The summed E-state index contributed by atoms with van der Waals surface area (Å²) in [5.74, 6) is 2.43. The largest absolute Gasteiger partial charge is 0.485 e. The van der Waals surface area contributed by atoms with Crippen LogP contribution in [-0.4, -0.2) is 16.7 Å². The first kappa shape index (κ1) is 10.4. The average Bonchev–Trinajstić information content (AvgIpc) is 2.87. The van der Waals surface area contributed by atoms with Crippen LogP contribution in [0, 0.1) is 0 Å². The van der Waals surface area contributed by atoms with Crippen molar-refractivity contribution in [2.75, 3.05) is 6.61 Å². The first-order chi connectivity index (χ1) is 8.36. The predicted octanol–water partition coefficient (Wildman–Crippen LogP) is 2.32. The third-order valence-electron chi connectivity index (χ3n) is 2.39. The first-order valence-electron chi connectivity index (χ1n) is 5.14. The smallest absolute Gasteiger partial charge is 0.241 e. The van der Waals surface area contributed by atoms with Crippen molar-refractivity contribution in [3.05, 3.63) is 36.0 Å². The number of alkyl halides is 1. The number of hydrogen-bond donors (Lipinski definition) is 0. The van der Waals surface area contributed by atoms with Crippen LogP contribution in [0.2, 0.25) is 0 Å². The highest BCUT2D eigenvalue weighted by Gasteiger charge is 2.26. The molecule has 2 heterocycles. The topological polar surface area (TPSA) is 57.4 Å². The monoisotopic (exact) mass is 252 g/mol. The van der Waals surface area contributed by atoms with Gasteiger partial charge in [-0.2, -0.15) is 4.98 Å². The van der Waals surface area contributed by atoms with Crippen molar-refractivity contribution in [1.82, 2.24) is 10.1 Å². The van der Waals surface area contributed by atoms with Crippen molar-refractivity contribution < 1.29 is 14.0 Å². The Kier molecular flexibility index (Phi) is 2.60. The van der Waals surface area contributed by atoms with Crippen LogP contribution < -0.4 is 9.47 Å². The molecule has 0 saturated heterocycles. The molecule has 0 aliphatic carbocycles. The van der Waals surface area contributed by atoms with E-state index < -0.39 is 0 Å². The average molecular weight is 253 g/mol. The zero-order valence-electron chi connectivity index (χ0n) is 8.80. The molecule has 2 aromatic rings. The number of nitrogens with zero attached hydrogens (tertiary/aromatic N) is 2. The fraction of sp³-hybridized carbons (Fsp3) is 0.273. The molecule has 1 unspecified atom stereocenters. The molecule has 1 aromatic carbocycles. The van der Waals surface area contributed by atoms with Crippen molar-refractivity contribution in [3.8, 4) is 11.5 Å². The van der Waals surface area contributed by atoms with Gasteiger partial charge in [0.2, 0.25) is 11.7 Å². The fourth-order valence-corrected chi connectivity index (χ4v) is 1.71. The van der Waals surface area contributed by atoms with Crippen molar-refractivity contribution in [2.45, 2.75) is 12.0 Å². The predicted molar refractivity (Wildman–Crippen MR) is 59.2 cm³/mol. The van der Waals surface area contributed by atoms with E-state index >= 15 is 0 Å². The van der Waals surface area contributed by atoms with Crippen LogP contribution in [0.15, 0.2) is 28.8 Å². The molecule has 1 aliphatic rings. The first-order valence-corrected chi connectivity index (χ1v) is 5.67. The van der Waals surface area contributed by atoms with Gasteiger partial charge in [-0.3, -0.25) is 0 Å². The van der Waals surface area contributed by atoms with Crippen LogP contribution in [0.3, 0.4) is 0 Å². The highest BCUT2D eigenvalue weighted by Crippen LogP contribution is 2.34. The number of fused-ring (bicyclic) bond motifs is 1. The normalized spacial score (nSPS) is 18.1. The zero-order valence-corrected chi connectivity index (χ0v) is 9.55. The standard InChI is InChI=1S/C11H9ClN2O3/c12-5-10-13-11(14-17-10)9-6-15-7-3-1-2-4-8(7)16-9/h1-4,9H,5-6H2. The van der Waals surface area contributed by atoms with Crippen molar-refractivity contribution in [2.24, 2.45) is 0 Å². The minimum Gasteiger partial charge on any atom is -0.485 e. The molecule has 0 amide bonds. The number of hydrogen-bond acceptors (Lipinski definition) is 5. The van der Waals surface area contributed by atoms with Crippen molar-refractivity contribution >= 4 is 11.6 Å². The summed E-state index contributed by atoms with van der Waals surface area (Å²) in [7, 11) is 0. The molecule has 17 heavy (non-hydrogen) atoms. The number of benzene rings is 1. The Hall–Kier alpha value is -1.75. The lowest BCUT2D eigenvalue weighted by molar-refractivity contribution is 0.0832. The molecule has 1 aromatic heterocycles. The third kappa shape index (κ3) is 1.93. The van der Waals surface area contributed by atoms with Gasteiger partial charge < -0.3 is 14.0 Å². The van der Waals surface area contributed by atoms with Crippen LogP contribution >= 0.6 is 11.6 Å². The molecule has 0 bridgehead atoms. The minimum absolute atomic E-state index is 0.192. The van der Waals surface area contributed by atoms with E-state index in [0.29, 0.717) is 24.1 Å². The second-order valence-corrected chi connectivity index (χ2v) is 3.81. The quantitative estimate of drug-likeness (QED) is 0.768. The van der Waals surface area contributed by atoms with Gasteiger partial charge in [0.15, 0.2) is 17.6 Å². The highest BCUT2D eigenvalue weighted by atomic mass is 35.5. The van der Waals surface area contributed by atoms with E-state index in [-0.39, 0.29) is 12.0 Å². The molecule has 0 radical (unpaired) electrons. The molecule has 0 N–H and O–H groups in total. The summed E-state index contributed by atoms with van der Waals surface area (Å²) in [6.07, 6.45) is -0.356. The van der Waals surface area contributed by atoms with Gasteiger partial charge in [0.05, 0.1) is 0 Å². The summed E-state index contributed by atoms with van der Waals surface area (Å²) in [6.45, 7) is 0.359. The van der Waals surface area contributed by atoms with Crippen LogP contribution in [0.1, 0.15) is 17.8 Å².